The number of hydrogen-bond acceptors (Lipinski definition) is 3. The molecule has 0 bridgehead atoms. The van der Waals surface area contributed by atoms with Gasteiger partial charge in [-0.15, -0.1) is 0 Å². The van der Waals surface area contributed by atoms with Crippen molar-refractivity contribution in [1.29, 1.82) is 0 Å². The highest BCUT2D eigenvalue weighted by molar-refractivity contribution is 5.10. The van der Waals surface area contributed by atoms with E-state index in [0.717, 1.165) is 42.4 Å². The minimum atomic E-state index is 0.746. The molecule has 3 nitrogen and oxygen atoms in total. The van der Waals surface area contributed by atoms with Crippen LogP contribution in [0.15, 0.2) is 34.7 Å². The Balaban J connectivity index is 1.83. The highest BCUT2D eigenvalue weighted by atomic mass is 16.3. The largest absolute Gasteiger partial charge is 0.465 e. The van der Waals surface area contributed by atoms with Gasteiger partial charge >= 0.3 is 0 Å². The van der Waals surface area contributed by atoms with Crippen molar-refractivity contribution in [3.8, 4) is 0 Å². The first-order valence-electron chi connectivity index (χ1n) is 5.99. The van der Waals surface area contributed by atoms with Crippen LogP contribution >= 0.6 is 0 Å². The normalized spacial score (nSPS) is 10.7. The Morgan fingerprint density at radius 2 is 1.94 bits per heavy atom. The van der Waals surface area contributed by atoms with Gasteiger partial charge in [-0.1, -0.05) is 13.0 Å². The first-order valence-corrected chi connectivity index (χ1v) is 5.99. The Labute approximate surface area is 102 Å². The Morgan fingerprint density at radius 1 is 1.12 bits per heavy atom. The van der Waals surface area contributed by atoms with Crippen LogP contribution in [0.5, 0.6) is 0 Å². The Morgan fingerprint density at radius 3 is 2.65 bits per heavy atom. The van der Waals surface area contributed by atoms with Gasteiger partial charge in [0, 0.05) is 18.7 Å². The van der Waals surface area contributed by atoms with Crippen molar-refractivity contribution in [2.75, 3.05) is 0 Å². The molecular formula is C14H18N2O. The van der Waals surface area contributed by atoms with E-state index in [1.54, 1.807) is 0 Å². The maximum atomic E-state index is 5.61. The van der Waals surface area contributed by atoms with Crippen molar-refractivity contribution in [3.63, 3.8) is 0 Å². The van der Waals surface area contributed by atoms with Crippen molar-refractivity contribution >= 4 is 0 Å². The first kappa shape index (κ1) is 11.9. The summed E-state index contributed by atoms with van der Waals surface area (Å²) in [5.74, 6) is 2.02. The SMILES string of the molecule is CCc1ccc(CNCc2cccc(C)n2)o1. The molecule has 0 radical (unpaired) electrons. The van der Waals surface area contributed by atoms with E-state index >= 15 is 0 Å². The van der Waals surface area contributed by atoms with Crippen LogP contribution in [0, 0.1) is 6.92 Å². The first-order chi connectivity index (χ1) is 8.28. The van der Waals surface area contributed by atoms with Crippen molar-refractivity contribution in [2.24, 2.45) is 0 Å². The van der Waals surface area contributed by atoms with E-state index in [0.29, 0.717) is 0 Å². The van der Waals surface area contributed by atoms with Crippen LogP contribution in [-0.4, -0.2) is 4.98 Å². The van der Waals surface area contributed by atoms with E-state index in [2.05, 4.69) is 17.2 Å². The minimum Gasteiger partial charge on any atom is -0.465 e. The summed E-state index contributed by atoms with van der Waals surface area (Å²) in [5, 5.41) is 3.33. The molecule has 2 heterocycles. The predicted molar refractivity (Wildman–Crippen MR) is 67.6 cm³/mol. The van der Waals surface area contributed by atoms with Crippen LogP contribution in [0.1, 0.15) is 29.8 Å². The summed E-state index contributed by atoms with van der Waals surface area (Å²) in [7, 11) is 0. The molecule has 1 N–H and O–H groups in total. The summed E-state index contributed by atoms with van der Waals surface area (Å²) in [4.78, 5) is 4.43. The standard InChI is InChI=1S/C14H18N2O/c1-3-13-7-8-14(17-13)10-15-9-12-6-4-5-11(2)16-12/h4-8,15H,3,9-10H2,1-2H3. The number of hydrogen-bond donors (Lipinski definition) is 1. The molecule has 3 heteroatoms. The highest BCUT2D eigenvalue weighted by Gasteiger charge is 2.00. The second-order valence-electron chi connectivity index (χ2n) is 4.10. The fourth-order valence-electron chi connectivity index (χ4n) is 1.72. The molecule has 0 aliphatic carbocycles. The lowest BCUT2D eigenvalue weighted by Gasteiger charge is -2.03. The fraction of sp³-hybridized carbons (Fsp3) is 0.357. The molecule has 0 saturated carbocycles. The van der Waals surface area contributed by atoms with E-state index in [1.165, 1.54) is 0 Å². The van der Waals surface area contributed by atoms with E-state index in [-0.39, 0.29) is 0 Å². The Kier molecular flexibility index (Phi) is 3.94. The van der Waals surface area contributed by atoms with Gasteiger partial charge in [0.25, 0.3) is 0 Å². The molecule has 2 aromatic rings. The number of pyridine rings is 1. The van der Waals surface area contributed by atoms with Gasteiger partial charge in [0.1, 0.15) is 11.5 Å². The van der Waals surface area contributed by atoms with Gasteiger partial charge in [0.05, 0.1) is 12.2 Å². The topological polar surface area (TPSA) is 38.1 Å². The zero-order valence-electron chi connectivity index (χ0n) is 10.4. The molecule has 0 aliphatic heterocycles. The number of rotatable bonds is 5. The number of aryl methyl sites for hydroxylation is 2. The third kappa shape index (κ3) is 3.43. The van der Waals surface area contributed by atoms with Gasteiger partial charge in [-0.25, -0.2) is 0 Å². The molecule has 2 aromatic heterocycles. The number of furan rings is 1. The number of aromatic nitrogens is 1. The summed E-state index contributed by atoms with van der Waals surface area (Å²) in [6.45, 7) is 5.61. The van der Waals surface area contributed by atoms with Crippen LogP contribution in [0.3, 0.4) is 0 Å². The summed E-state index contributed by atoms with van der Waals surface area (Å²) < 4.78 is 5.61. The lowest BCUT2D eigenvalue weighted by atomic mass is 10.3. The smallest absolute Gasteiger partial charge is 0.117 e. The molecule has 0 saturated heterocycles. The lowest BCUT2D eigenvalue weighted by molar-refractivity contribution is 0.449. The Bertz CT molecular complexity index is 477. The van der Waals surface area contributed by atoms with Gasteiger partial charge in [0.2, 0.25) is 0 Å². The molecule has 0 fully saturated rings. The minimum absolute atomic E-state index is 0.746. The van der Waals surface area contributed by atoms with E-state index in [9.17, 15) is 0 Å². The monoisotopic (exact) mass is 230 g/mol. The van der Waals surface area contributed by atoms with Gasteiger partial charge in [-0.2, -0.15) is 0 Å². The zero-order valence-corrected chi connectivity index (χ0v) is 10.4. The molecule has 0 aromatic carbocycles. The summed E-state index contributed by atoms with van der Waals surface area (Å²) in [5.41, 5.74) is 2.11. The van der Waals surface area contributed by atoms with Gasteiger partial charge in [-0.3, -0.25) is 4.98 Å². The molecule has 0 atom stereocenters. The molecule has 0 spiro atoms. The molecule has 90 valence electrons. The summed E-state index contributed by atoms with van der Waals surface area (Å²) >= 11 is 0. The van der Waals surface area contributed by atoms with E-state index in [4.69, 9.17) is 4.42 Å². The number of nitrogens with zero attached hydrogens (tertiary/aromatic N) is 1. The molecule has 0 unspecified atom stereocenters. The molecular weight excluding hydrogens is 212 g/mol. The van der Waals surface area contributed by atoms with Crippen molar-refractivity contribution < 1.29 is 4.42 Å². The molecule has 0 aliphatic rings. The fourth-order valence-corrected chi connectivity index (χ4v) is 1.72. The maximum absolute atomic E-state index is 5.61. The quantitative estimate of drug-likeness (QED) is 0.858. The molecule has 0 amide bonds. The average molecular weight is 230 g/mol. The van der Waals surface area contributed by atoms with E-state index < -0.39 is 0 Å². The van der Waals surface area contributed by atoms with Crippen LogP contribution in [-0.2, 0) is 19.5 Å². The van der Waals surface area contributed by atoms with Gasteiger partial charge in [0.15, 0.2) is 0 Å². The van der Waals surface area contributed by atoms with Gasteiger partial charge < -0.3 is 9.73 Å². The van der Waals surface area contributed by atoms with Crippen LogP contribution in [0.4, 0.5) is 0 Å². The predicted octanol–water partition coefficient (Wildman–Crippen LogP) is 2.84. The average Bonchev–Trinajstić information content (AvgIpc) is 2.77. The molecule has 2 rings (SSSR count). The van der Waals surface area contributed by atoms with Crippen LogP contribution in [0.2, 0.25) is 0 Å². The number of nitrogens with one attached hydrogen (secondary N) is 1. The highest BCUT2D eigenvalue weighted by Crippen LogP contribution is 2.08. The summed E-state index contributed by atoms with van der Waals surface area (Å²) in [6, 6.07) is 10.1. The lowest BCUT2D eigenvalue weighted by Crippen LogP contribution is -2.13. The van der Waals surface area contributed by atoms with Crippen LogP contribution < -0.4 is 5.32 Å². The van der Waals surface area contributed by atoms with Crippen molar-refractivity contribution in [2.45, 2.75) is 33.4 Å². The van der Waals surface area contributed by atoms with Crippen LogP contribution in [0.25, 0.3) is 0 Å². The van der Waals surface area contributed by atoms with Gasteiger partial charge in [-0.05, 0) is 31.2 Å². The van der Waals surface area contributed by atoms with E-state index in [1.807, 2.05) is 37.3 Å². The zero-order chi connectivity index (χ0) is 12.1. The second-order valence-corrected chi connectivity index (χ2v) is 4.10. The molecule has 17 heavy (non-hydrogen) atoms. The second kappa shape index (κ2) is 5.64. The maximum Gasteiger partial charge on any atom is 0.117 e. The Hall–Kier alpha value is -1.61. The van der Waals surface area contributed by atoms with Crippen molar-refractivity contribution in [3.05, 3.63) is 53.2 Å². The third-order valence-electron chi connectivity index (χ3n) is 2.62. The third-order valence-corrected chi connectivity index (χ3v) is 2.62. The summed E-state index contributed by atoms with van der Waals surface area (Å²) in [6.07, 6.45) is 0.944. The van der Waals surface area contributed by atoms with Crippen molar-refractivity contribution in [1.82, 2.24) is 10.3 Å².